The number of hydrogen-bond acceptors (Lipinski definition) is 5. The number of nitro benzene ring substituents is 1. The van der Waals surface area contributed by atoms with Crippen LogP contribution in [0.25, 0.3) is 0 Å². The highest BCUT2D eigenvalue weighted by atomic mass is 79.9. The van der Waals surface area contributed by atoms with E-state index in [1.165, 1.54) is 6.07 Å². The zero-order chi connectivity index (χ0) is 20.3. The molecule has 0 radical (unpaired) electrons. The molecular formula is C15H13BrClF3N2O4. The summed E-state index contributed by atoms with van der Waals surface area (Å²) >= 11 is 8.20. The maximum atomic E-state index is 12.6. The van der Waals surface area contributed by atoms with E-state index in [2.05, 4.69) is 15.9 Å². The topological polar surface area (TPSA) is 110 Å². The van der Waals surface area contributed by atoms with Crippen LogP contribution in [-0.2, 0) is 0 Å². The van der Waals surface area contributed by atoms with Crippen LogP contribution < -0.4 is 5.73 Å². The van der Waals surface area contributed by atoms with Gasteiger partial charge in [0, 0.05) is 16.7 Å². The fourth-order valence-electron chi connectivity index (χ4n) is 1.82. The summed E-state index contributed by atoms with van der Waals surface area (Å²) in [6.45, 7) is 3.66. The Morgan fingerprint density at radius 2 is 1.69 bits per heavy atom. The number of phenols is 2. The van der Waals surface area contributed by atoms with E-state index in [1.807, 2.05) is 13.8 Å². The molecule has 0 heterocycles. The zero-order valence-corrected chi connectivity index (χ0v) is 15.7. The van der Waals surface area contributed by atoms with Gasteiger partial charge in [0.1, 0.15) is 10.2 Å². The molecule has 142 valence electrons. The number of hydrogen-bond donors (Lipinski definition) is 3. The lowest BCUT2D eigenvalue weighted by Crippen LogP contribution is -1.99. The molecule has 0 aromatic heterocycles. The summed E-state index contributed by atoms with van der Waals surface area (Å²) < 4.78 is 36.9. The third-order valence-electron chi connectivity index (χ3n) is 3.18. The Labute approximate surface area is 159 Å². The van der Waals surface area contributed by atoms with Gasteiger partial charge in [-0.2, -0.15) is 0 Å². The van der Waals surface area contributed by atoms with Crippen LogP contribution >= 0.6 is 27.5 Å². The highest BCUT2D eigenvalue weighted by Gasteiger charge is 2.21. The van der Waals surface area contributed by atoms with Gasteiger partial charge in [-0.05, 0) is 27.9 Å². The Morgan fingerprint density at radius 1 is 1.15 bits per heavy atom. The van der Waals surface area contributed by atoms with E-state index >= 15 is 0 Å². The molecule has 0 saturated carbocycles. The number of nitrogen functional groups attached to an aromatic ring is 1. The number of aromatic hydroxyl groups is 2. The Morgan fingerprint density at radius 3 is 2.15 bits per heavy atom. The van der Waals surface area contributed by atoms with Crippen molar-refractivity contribution >= 4 is 38.9 Å². The Bertz CT molecular complexity index is 761. The summed E-state index contributed by atoms with van der Waals surface area (Å²) in [7, 11) is 0. The van der Waals surface area contributed by atoms with Gasteiger partial charge < -0.3 is 15.9 Å². The maximum Gasteiger partial charge on any atom is 0.312 e. The number of nitrogens with two attached hydrogens (primary N) is 1. The normalized spacial score (nSPS) is 10.5. The molecule has 0 bridgehead atoms. The van der Waals surface area contributed by atoms with E-state index in [1.54, 1.807) is 0 Å². The van der Waals surface area contributed by atoms with Crippen molar-refractivity contribution in [3.63, 3.8) is 0 Å². The van der Waals surface area contributed by atoms with Gasteiger partial charge >= 0.3 is 5.69 Å². The van der Waals surface area contributed by atoms with Crippen molar-refractivity contribution in [3.05, 3.63) is 54.8 Å². The molecule has 0 fully saturated rings. The minimum absolute atomic E-state index is 0.00704. The minimum Gasteiger partial charge on any atom is -0.504 e. The van der Waals surface area contributed by atoms with Crippen LogP contribution in [0.3, 0.4) is 0 Å². The lowest BCUT2D eigenvalue weighted by molar-refractivity contribution is -0.385. The van der Waals surface area contributed by atoms with Crippen LogP contribution in [0.1, 0.15) is 25.3 Å². The van der Waals surface area contributed by atoms with Crippen molar-refractivity contribution in [1.29, 1.82) is 0 Å². The van der Waals surface area contributed by atoms with Gasteiger partial charge in [0.05, 0.1) is 4.92 Å². The van der Waals surface area contributed by atoms with Crippen molar-refractivity contribution in [2.24, 2.45) is 0 Å². The molecule has 2 rings (SSSR count). The van der Waals surface area contributed by atoms with Crippen LogP contribution in [0, 0.1) is 27.6 Å². The average molecular weight is 458 g/mol. The van der Waals surface area contributed by atoms with Gasteiger partial charge in [-0.1, -0.05) is 25.4 Å². The predicted octanol–water partition coefficient (Wildman–Crippen LogP) is 5.23. The minimum atomic E-state index is -1.71. The molecule has 0 aliphatic heterocycles. The molecule has 0 spiro atoms. The monoisotopic (exact) mass is 456 g/mol. The molecule has 26 heavy (non-hydrogen) atoms. The summed E-state index contributed by atoms with van der Waals surface area (Å²) in [6, 6.07) is 2.68. The molecular weight excluding hydrogens is 445 g/mol. The van der Waals surface area contributed by atoms with Crippen LogP contribution in [0.15, 0.2) is 16.6 Å². The standard InChI is InChI=1S/C9H10ClNO3.C6H3BrF3NO/c1-5(2)7-3-6(10)4-8(9(7)12)11(13)14;7-1-2(8)3(9)4(10)5(11)6(1)12/h3-5,12H,1-2H3;12H,11H2. The SMILES string of the molecule is CC(C)c1cc(Cl)cc([N+](=O)[O-])c1O.Nc1c(O)c(Br)c(F)c(F)c1F. The lowest BCUT2D eigenvalue weighted by Gasteiger charge is -2.08. The molecule has 6 nitrogen and oxygen atoms in total. The van der Waals surface area contributed by atoms with Gasteiger partial charge in [0.15, 0.2) is 29.0 Å². The molecule has 0 saturated heterocycles. The van der Waals surface area contributed by atoms with Gasteiger partial charge in [0.2, 0.25) is 0 Å². The number of halogens is 5. The largest absolute Gasteiger partial charge is 0.504 e. The number of phenolic OH excluding ortho intramolecular Hbond substituents is 2. The first kappa shape index (κ1) is 21.8. The highest BCUT2D eigenvalue weighted by molar-refractivity contribution is 9.10. The fourth-order valence-corrected chi connectivity index (χ4v) is 2.43. The molecule has 0 atom stereocenters. The summed E-state index contributed by atoms with van der Waals surface area (Å²) in [5.41, 5.74) is 4.22. The van der Waals surface area contributed by atoms with Gasteiger partial charge in [-0.3, -0.25) is 10.1 Å². The number of nitrogens with zero attached hydrogens (tertiary/aromatic N) is 1. The number of anilines is 1. The average Bonchev–Trinajstić information content (AvgIpc) is 2.58. The fraction of sp³-hybridized carbons (Fsp3) is 0.200. The Hall–Kier alpha value is -2.20. The molecule has 0 unspecified atom stereocenters. The first-order chi connectivity index (χ1) is 11.9. The number of nitro groups is 1. The first-order valence-electron chi connectivity index (χ1n) is 6.87. The molecule has 2 aromatic rings. The van der Waals surface area contributed by atoms with Gasteiger partial charge in [0.25, 0.3) is 0 Å². The summed E-state index contributed by atoms with van der Waals surface area (Å²) in [5.74, 6) is -5.95. The third kappa shape index (κ3) is 4.50. The molecule has 0 amide bonds. The second-order valence-corrected chi connectivity index (χ2v) is 6.52. The van der Waals surface area contributed by atoms with Crippen LogP contribution in [-0.4, -0.2) is 15.1 Å². The predicted molar refractivity (Wildman–Crippen MR) is 94.0 cm³/mol. The van der Waals surface area contributed by atoms with E-state index in [0.29, 0.717) is 5.56 Å². The van der Waals surface area contributed by atoms with Gasteiger partial charge in [-0.15, -0.1) is 0 Å². The van der Waals surface area contributed by atoms with E-state index in [4.69, 9.17) is 22.4 Å². The molecule has 11 heteroatoms. The van der Waals surface area contributed by atoms with Crippen LogP contribution in [0.5, 0.6) is 11.5 Å². The van der Waals surface area contributed by atoms with Crippen molar-refractivity contribution in [1.82, 2.24) is 0 Å². The van der Waals surface area contributed by atoms with Crippen molar-refractivity contribution in [3.8, 4) is 11.5 Å². The summed E-state index contributed by atoms with van der Waals surface area (Å²) in [5, 5.41) is 29.2. The second-order valence-electron chi connectivity index (χ2n) is 5.29. The molecule has 4 N–H and O–H groups in total. The van der Waals surface area contributed by atoms with Gasteiger partial charge in [-0.25, -0.2) is 13.2 Å². The van der Waals surface area contributed by atoms with E-state index in [-0.39, 0.29) is 22.4 Å². The van der Waals surface area contributed by atoms with E-state index in [0.717, 1.165) is 6.07 Å². The zero-order valence-electron chi connectivity index (χ0n) is 13.4. The van der Waals surface area contributed by atoms with Crippen LogP contribution in [0.4, 0.5) is 24.5 Å². The molecule has 2 aromatic carbocycles. The Kier molecular flexibility index (Phi) is 7.10. The molecule has 0 aliphatic rings. The smallest absolute Gasteiger partial charge is 0.312 e. The summed E-state index contributed by atoms with van der Waals surface area (Å²) in [4.78, 5) is 9.89. The lowest BCUT2D eigenvalue weighted by atomic mass is 10.0. The summed E-state index contributed by atoms with van der Waals surface area (Å²) in [6.07, 6.45) is 0. The number of benzene rings is 2. The maximum absolute atomic E-state index is 12.6. The van der Waals surface area contributed by atoms with E-state index in [9.17, 15) is 28.4 Å². The van der Waals surface area contributed by atoms with Crippen LogP contribution in [0.2, 0.25) is 5.02 Å². The van der Waals surface area contributed by atoms with Crippen molar-refractivity contribution in [2.75, 3.05) is 5.73 Å². The molecule has 0 aliphatic carbocycles. The highest BCUT2D eigenvalue weighted by Crippen LogP contribution is 2.37. The third-order valence-corrected chi connectivity index (χ3v) is 4.12. The second kappa shape index (κ2) is 8.45. The van der Waals surface area contributed by atoms with Crippen molar-refractivity contribution in [2.45, 2.75) is 19.8 Å². The van der Waals surface area contributed by atoms with E-state index < -0.39 is 38.3 Å². The quantitative estimate of drug-likeness (QED) is 0.143. The first-order valence-corrected chi connectivity index (χ1v) is 8.04. The Balaban J connectivity index is 0.000000263. The number of rotatable bonds is 2. The van der Waals surface area contributed by atoms with Crippen molar-refractivity contribution < 1.29 is 28.3 Å².